The highest BCUT2D eigenvalue weighted by molar-refractivity contribution is 7.99. The van der Waals surface area contributed by atoms with Gasteiger partial charge in [-0.2, -0.15) is 11.8 Å². The van der Waals surface area contributed by atoms with Crippen molar-refractivity contribution in [2.24, 2.45) is 0 Å². The fourth-order valence-electron chi connectivity index (χ4n) is 3.42. The maximum Gasteiger partial charge on any atom is 0.246 e. The number of piperazine rings is 1. The van der Waals surface area contributed by atoms with Crippen LogP contribution in [0.3, 0.4) is 0 Å². The zero-order valence-corrected chi connectivity index (χ0v) is 13.5. The minimum absolute atomic E-state index is 0.00944. The van der Waals surface area contributed by atoms with Crippen molar-refractivity contribution >= 4 is 23.6 Å². The van der Waals surface area contributed by atoms with Crippen molar-refractivity contribution in [3.8, 4) is 0 Å². The van der Waals surface area contributed by atoms with Crippen molar-refractivity contribution in [3.05, 3.63) is 0 Å². The van der Waals surface area contributed by atoms with Crippen LogP contribution in [0, 0.1) is 0 Å². The lowest BCUT2D eigenvalue weighted by atomic mass is 10.0. The number of hydrogen-bond donors (Lipinski definition) is 1. The molecular weight excluding hydrogens is 272 g/mol. The van der Waals surface area contributed by atoms with E-state index in [0.29, 0.717) is 5.25 Å². The molecule has 20 heavy (non-hydrogen) atoms. The largest absolute Gasteiger partial charge is 0.343 e. The molecule has 2 rings (SSSR count). The van der Waals surface area contributed by atoms with Gasteiger partial charge in [-0.05, 0) is 31.9 Å². The van der Waals surface area contributed by atoms with Crippen molar-refractivity contribution in [2.75, 3.05) is 5.75 Å². The van der Waals surface area contributed by atoms with E-state index in [1.54, 1.807) is 0 Å². The Morgan fingerprint density at radius 1 is 1.30 bits per heavy atom. The van der Waals surface area contributed by atoms with E-state index in [4.69, 9.17) is 0 Å². The predicted molar refractivity (Wildman–Crippen MR) is 82.7 cm³/mol. The van der Waals surface area contributed by atoms with E-state index in [0.717, 1.165) is 25.0 Å². The zero-order valence-electron chi connectivity index (χ0n) is 12.7. The molecule has 1 N–H and O–H groups in total. The summed E-state index contributed by atoms with van der Waals surface area (Å²) in [5.74, 6) is 1.21. The Balaban J connectivity index is 2.17. The van der Waals surface area contributed by atoms with Crippen LogP contribution in [0.25, 0.3) is 0 Å². The molecule has 4 atom stereocenters. The molecule has 4 unspecified atom stereocenters. The molecule has 0 aromatic rings. The van der Waals surface area contributed by atoms with Crippen molar-refractivity contribution in [2.45, 2.75) is 76.3 Å². The molecule has 1 saturated carbocycles. The lowest BCUT2D eigenvalue weighted by Crippen LogP contribution is -2.65. The Morgan fingerprint density at radius 2 is 2.05 bits per heavy atom. The van der Waals surface area contributed by atoms with Gasteiger partial charge in [-0.15, -0.1) is 0 Å². The summed E-state index contributed by atoms with van der Waals surface area (Å²) < 4.78 is 0. The summed E-state index contributed by atoms with van der Waals surface area (Å²) in [5, 5.41) is 3.38. The lowest BCUT2D eigenvalue weighted by Gasteiger charge is -2.42. The smallest absolute Gasteiger partial charge is 0.246 e. The van der Waals surface area contributed by atoms with E-state index in [1.807, 2.05) is 30.5 Å². The number of thioether (sulfide) groups is 1. The Labute approximate surface area is 126 Å². The van der Waals surface area contributed by atoms with Crippen LogP contribution in [0.5, 0.6) is 0 Å². The van der Waals surface area contributed by atoms with Gasteiger partial charge in [0.05, 0.1) is 0 Å². The highest BCUT2D eigenvalue weighted by Gasteiger charge is 2.44. The number of nitrogens with zero attached hydrogens (tertiary/aromatic N) is 1. The molecule has 5 heteroatoms. The van der Waals surface area contributed by atoms with Crippen LogP contribution < -0.4 is 5.32 Å². The molecule has 1 saturated heterocycles. The zero-order chi connectivity index (χ0) is 14.7. The summed E-state index contributed by atoms with van der Waals surface area (Å²) in [7, 11) is 0. The predicted octanol–water partition coefficient (Wildman–Crippen LogP) is 2.18. The Hall–Kier alpha value is -0.710. The molecular formula is C15H26N2O2S. The van der Waals surface area contributed by atoms with E-state index in [2.05, 4.69) is 12.2 Å². The molecule has 0 bridgehead atoms. The number of hydrogen-bond acceptors (Lipinski definition) is 3. The molecule has 0 aromatic heterocycles. The van der Waals surface area contributed by atoms with E-state index in [9.17, 15) is 9.59 Å². The lowest BCUT2D eigenvalue weighted by molar-refractivity contribution is -0.151. The van der Waals surface area contributed by atoms with Crippen LogP contribution in [-0.4, -0.2) is 45.8 Å². The first-order valence-corrected chi connectivity index (χ1v) is 8.89. The molecule has 2 amide bonds. The Bertz CT molecular complexity index is 375. The third kappa shape index (κ3) is 2.97. The fraction of sp³-hybridized carbons (Fsp3) is 0.867. The molecule has 0 aromatic carbocycles. The standard InChI is InChI=1S/C15H26N2O2S/c1-4-7-11-15(19)17(10(3)14(18)16-11)12-8-6-9-13(12)20-5-2/h10-13H,4-9H2,1-3H3,(H,16,18). The summed E-state index contributed by atoms with van der Waals surface area (Å²) in [6, 6.07) is -0.386. The van der Waals surface area contributed by atoms with Crippen LogP contribution in [0.2, 0.25) is 0 Å². The number of carbonyl (C=O) groups excluding carboxylic acids is 2. The van der Waals surface area contributed by atoms with Crippen LogP contribution >= 0.6 is 11.8 Å². The highest BCUT2D eigenvalue weighted by atomic mass is 32.2. The van der Waals surface area contributed by atoms with Gasteiger partial charge in [-0.25, -0.2) is 0 Å². The van der Waals surface area contributed by atoms with Crippen LogP contribution in [0.1, 0.15) is 52.9 Å². The van der Waals surface area contributed by atoms with Gasteiger partial charge >= 0.3 is 0 Å². The summed E-state index contributed by atoms with van der Waals surface area (Å²) in [5.41, 5.74) is 0. The fourth-order valence-corrected chi connectivity index (χ4v) is 4.67. The molecule has 0 radical (unpaired) electrons. The van der Waals surface area contributed by atoms with E-state index in [-0.39, 0.29) is 29.9 Å². The topological polar surface area (TPSA) is 49.4 Å². The van der Waals surface area contributed by atoms with Crippen molar-refractivity contribution in [1.82, 2.24) is 10.2 Å². The molecule has 1 heterocycles. The van der Waals surface area contributed by atoms with Crippen molar-refractivity contribution < 1.29 is 9.59 Å². The first-order valence-electron chi connectivity index (χ1n) is 7.84. The Kier molecular flexibility index (Phi) is 5.35. The molecule has 1 aliphatic carbocycles. The average Bonchev–Trinajstić information content (AvgIpc) is 2.85. The van der Waals surface area contributed by atoms with Crippen LogP contribution in [0.15, 0.2) is 0 Å². The summed E-state index contributed by atoms with van der Waals surface area (Å²) in [4.78, 5) is 26.8. The van der Waals surface area contributed by atoms with Gasteiger partial charge < -0.3 is 10.2 Å². The van der Waals surface area contributed by atoms with Gasteiger partial charge in [-0.3, -0.25) is 9.59 Å². The molecule has 1 aliphatic heterocycles. The summed E-state index contributed by atoms with van der Waals surface area (Å²) in [6.07, 6.45) is 5.03. The number of nitrogens with one attached hydrogen (secondary N) is 1. The quantitative estimate of drug-likeness (QED) is 0.846. The van der Waals surface area contributed by atoms with Gasteiger partial charge in [-0.1, -0.05) is 26.7 Å². The summed E-state index contributed by atoms with van der Waals surface area (Å²) in [6.45, 7) is 6.07. The maximum absolute atomic E-state index is 12.7. The van der Waals surface area contributed by atoms with Gasteiger partial charge in [0.15, 0.2) is 0 Å². The second-order valence-corrected chi connectivity index (χ2v) is 7.28. The average molecular weight is 298 g/mol. The molecule has 0 spiro atoms. The third-order valence-corrected chi connectivity index (χ3v) is 5.71. The first-order chi connectivity index (χ1) is 9.60. The van der Waals surface area contributed by atoms with Crippen molar-refractivity contribution in [3.63, 3.8) is 0 Å². The number of rotatable bonds is 5. The molecule has 2 fully saturated rings. The minimum atomic E-state index is -0.321. The van der Waals surface area contributed by atoms with Gasteiger partial charge in [0.1, 0.15) is 12.1 Å². The van der Waals surface area contributed by atoms with E-state index < -0.39 is 0 Å². The molecule has 2 aliphatic rings. The second-order valence-electron chi connectivity index (χ2n) is 5.76. The molecule has 114 valence electrons. The third-order valence-electron chi connectivity index (χ3n) is 4.40. The van der Waals surface area contributed by atoms with Crippen LogP contribution in [0.4, 0.5) is 0 Å². The SMILES string of the molecule is CCCC1NC(=O)C(C)N(C2CCCC2SCC)C1=O. The number of amides is 2. The maximum atomic E-state index is 12.7. The Morgan fingerprint density at radius 3 is 2.70 bits per heavy atom. The normalized spacial score (nSPS) is 34.5. The highest BCUT2D eigenvalue weighted by Crippen LogP contribution is 2.35. The van der Waals surface area contributed by atoms with Gasteiger partial charge in [0, 0.05) is 11.3 Å². The number of carbonyl (C=O) groups is 2. The summed E-state index contributed by atoms with van der Waals surface area (Å²) >= 11 is 1.93. The van der Waals surface area contributed by atoms with Gasteiger partial charge in [0.25, 0.3) is 0 Å². The van der Waals surface area contributed by atoms with Gasteiger partial charge in [0.2, 0.25) is 11.8 Å². The van der Waals surface area contributed by atoms with E-state index in [1.165, 1.54) is 12.8 Å². The second kappa shape index (κ2) is 6.83. The first kappa shape index (κ1) is 15.7. The minimum Gasteiger partial charge on any atom is -0.343 e. The monoisotopic (exact) mass is 298 g/mol. The van der Waals surface area contributed by atoms with E-state index >= 15 is 0 Å². The van der Waals surface area contributed by atoms with Crippen molar-refractivity contribution in [1.29, 1.82) is 0 Å². The molecule has 4 nitrogen and oxygen atoms in total. The van der Waals surface area contributed by atoms with Crippen LogP contribution in [-0.2, 0) is 9.59 Å².